The third kappa shape index (κ3) is 3.77. The first-order valence-electron chi connectivity index (χ1n) is 13.2. The normalized spacial score (nSPS) is 33.8. The lowest BCUT2D eigenvalue weighted by molar-refractivity contribution is -0.166. The molecule has 2 fully saturated rings. The lowest BCUT2D eigenvalue weighted by atomic mass is 9.42. The molecule has 208 valence electrons. The van der Waals surface area contributed by atoms with E-state index < -0.39 is 69.8 Å². The largest absolute Gasteiger partial charge is 0.507 e. The van der Waals surface area contributed by atoms with Crippen molar-refractivity contribution in [2.75, 3.05) is 14.1 Å². The molecule has 1 amide bonds. The Morgan fingerprint density at radius 2 is 1.79 bits per heavy atom. The molecule has 0 bridgehead atoms. The fraction of sp³-hybridized carbons (Fsp3) is 0.571. The fourth-order valence-corrected chi connectivity index (χ4v) is 7.25. The summed E-state index contributed by atoms with van der Waals surface area (Å²) >= 11 is 0. The monoisotopic (exact) mass is 537 g/mol. The first-order chi connectivity index (χ1) is 18.2. The van der Waals surface area contributed by atoms with Crippen LogP contribution in [0.2, 0.25) is 0 Å². The standard InChI is InChI=1S/C28H35N5O6/c1-4-5-6-7-8-14-9-10-16(34)17-15(14)11-26(31)12-28(32)22(33(2)3)21(36)18(25(30)39)23(37)27(28,13-29)24(38)19(26)20(17)35/h9-10,18-19,22,34H,4-8,11-12,31-32H2,1-3H3,(H2,30,39)/t18?,19?,22-,26-,27+,28-/m1/s1. The summed E-state index contributed by atoms with van der Waals surface area (Å²) in [6.45, 7) is 2.09. The average Bonchev–Trinajstić information content (AvgIpc) is 2.81. The summed E-state index contributed by atoms with van der Waals surface area (Å²) in [5.41, 5.74) is 13.8. The first kappa shape index (κ1) is 28.5. The summed E-state index contributed by atoms with van der Waals surface area (Å²) < 4.78 is 0. The molecule has 11 nitrogen and oxygen atoms in total. The number of primary amides is 1. The number of Topliss-reactive ketones (excluding diaryl/α,β-unsaturated/α-hetero) is 4. The van der Waals surface area contributed by atoms with Crippen molar-refractivity contribution in [2.24, 2.45) is 34.5 Å². The molecule has 0 saturated heterocycles. The number of nitriles is 1. The van der Waals surface area contributed by atoms with Crippen molar-refractivity contribution < 1.29 is 29.1 Å². The Kier molecular flexibility index (Phi) is 7.04. The van der Waals surface area contributed by atoms with Crippen molar-refractivity contribution in [2.45, 2.75) is 69.0 Å². The Hall–Kier alpha value is -3.46. The molecule has 2 unspecified atom stereocenters. The van der Waals surface area contributed by atoms with Crippen LogP contribution >= 0.6 is 0 Å². The van der Waals surface area contributed by atoms with Gasteiger partial charge in [-0.15, -0.1) is 0 Å². The number of fused-ring (bicyclic) bond motifs is 3. The van der Waals surface area contributed by atoms with Crippen molar-refractivity contribution in [1.82, 2.24) is 4.90 Å². The molecule has 39 heavy (non-hydrogen) atoms. The summed E-state index contributed by atoms with van der Waals surface area (Å²) in [7, 11) is 2.95. The van der Waals surface area contributed by atoms with Gasteiger partial charge >= 0.3 is 0 Å². The number of ketones is 4. The number of phenolic OH excluding ortho intramolecular Hbond substituents is 1. The summed E-state index contributed by atoms with van der Waals surface area (Å²) in [6.07, 6.45) is 4.08. The minimum absolute atomic E-state index is 0.0375. The number of phenols is 1. The molecular weight excluding hydrogens is 502 g/mol. The Bertz CT molecular complexity index is 1330. The van der Waals surface area contributed by atoms with Gasteiger partial charge in [0.05, 0.1) is 23.2 Å². The molecule has 0 aromatic heterocycles. The van der Waals surface area contributed by atoms with Crippen LogP contribution in [0.1, 0.15) is 60.5 Å². The molecule has 4 rings (SSSR count). The van der Waals surface area contributed by atoms with Crippen molar-refractivity contribution in [3.05, 3.63) is 28.8 Å². The topological polar surface area (TPSA) is 211 Å². The van der Waals surface area contributed by atoms with Crippen LogP contribution in [0.25, 0.3) is 0 Å². The Labute approximate surface area is 226 Å². The number of unbranched alkanes of at least 4 members (excludes halogenated alkanes) is 3. The minimum atomic E-state index is -2.73. The molecule has 0 spiro atoms. The number of aromatic hydroxyl groups is 1. The predicted octanol–water partition coefficient (Wildman–Crippen LogP) is -0.0687. The van der Waals surface area contributed by atoms with Crippen LogP contribution in [0.15, 0.2) is 12.1 Å². The van der Waals surface area contributed by atoms with E-state index in [9.17, 15) is 34.3 Å². The minimum Gasteiger partial charge on any atom is -0.507 e. The molecule has 0 radical (unpaired) electrons. The van der Waals surface area contributed by atoms with Gasteiger partial charge in [-0.2, -0.15) is 5.26 Å². The third-order valence-electron chi connectivity index (χ3n) is 8.87. The van der Waals surface area contributed by atoms with E-state index in [0.717, 1.165) is 31.2 Å². The van der Waals surface area contributed by atoms with E-state index in [-0.39, 0.29) is 17.7 Å². The van der Waals surface area contributed by atoms with Gasteiger partial charge in [-0.3, -0.25) is 28.9 Å². The van der Waals surface area contributed by atoms with Gasteiger partial charge in [0, 0.05) is 5.54 Å². The molecule has 3 aliphatic rings. The number of amides is 1. The number of carbonyl (C=O) groups excluding carboxylic acids is 5. The van der Waals surface area contributed by atoms with Crippen LogP contribution in [-0.2, 0) is 32.0 Å². The van der Waals surface area contributed by atoms with Crippen molar-refractivity contribution in [3.8, 4) is 11.8 Å². The van der Waals surface area contributed by atoms with Gasteiger partial charge in [0.25, 0.3) is 0 Å². The van der Waals surface area contributed by atoms with Crippen LogP contribution in [0.3, 0.4) is 0 Å². The number of aryl methyl sites for hydroxylation is 1. The van der Waals surface area contributed by atoms with Gasteiger partial charge in [-0.05, 0) is 57.0 Å². The van der Waals surface area contributed by atoms with E-state index >= 15 is 0 Å². The van der Waals surface area contributed by atoms with E-state index in [2.05, 4.69) is 6.92 Å². The number of hydrogen-bond acceptors (Lipinski definition) is 10. The van der Waals surface area contributed by atoms with Crippen LogP contribution in [0, 0.1) is 28.6 Å². The second-order valence-corrected chi connectivity index (χ2v) is 11.5. The summed E-state index contributed by atoms with van der Waals surface area (Å²) in [4.78, 5) is 69.0. The maximum Gasteiger partial charge on any atom is 0.235 e. The maximum absolute atomic E-state index is 14.3. The highest BCUT2D eigenvalue weighted by atomic mass is 16.3. The zero-order chi connectivity index (χ0) is 29.1. The van der Waals surface area contributed by atoms with Crippen LogP contribution in [0.5, 0.6) is 5.75 Å². The number of rotatable bonds is 7. The van der Waals surface area contributed by atoms with E-state index in [0.29, 0.717) is 12.0 Å². The van der Waals surface area contributed by atoms with E-state index in [1.807, 2.05) is 0 Å². The molecule has 1 aromatic carbocycles. The lowest BCUT2D eigenvalue weighted by Crippen LogP contribution is -2.85. The van der Waals surface area contributed by atoms with Gasteiger partial charge in [0.15, 0.2) is 34.5 Å². The Morgan fingerprint density at radius 3 is 2.36 bits per heavy atom. The molecule has 1 aromatic rings. The third-order valence-corrected chi connectivity index (χ3v) is 8.87. The zero-order valence-electron chi connectivity index (χ0n) is 22.5. The molecule has 6 atom stereocenters. The Morgan fingerprint density at radius 1 is 1.13 bits per heavy atom. The predicted molar refractivity (Wildman–Crippen MR) is 139 cm³/mol. The Balaban J connectivity index is 1.93. The molecule has 3 aliphatic carbocycles. The smallest absolute Gasteiger partial charge is 0.235 e. The molecule has 11 heteroatoms. The molecular formula is C28H35N5O6. The number of carbonyl (C=O) groups is 5. The number of nitrogens with two attached hydrogens (primary N) is 3. The number of likely N-dealkylation sites (N-methyl/N-ethyl adjacent to an activating group) is 1. The van der Waals surface area contributed by atoms with Gasteiger partial charge in [-0.25, -0.2) is 0 Å². The zero-order valence-corrected chi connectivity index (χ0v) is 22.5. The van der Waals surface area contributed by atoms with Gasteiger partial charge < -0.3 is 22.3 Å². The lowest BCUT2D eigenvalue weighted by Gasteiger charge is -2.60. The summed E-state index contributed by atoms with van der Waals surface area (Å²) in [5, 5.41) is 21.1. The first-order valence-corrected chi connectivity index (χ1v) is 13.2. The van der Waals surface area contributed by atoms with Crippen molar-refractivity contribution in [3.63, 3.8) is 0 Å². The van der Waals surface area contributed by atoms with Gasteiger partial charge in [0.1, 0.15) is 11.7 Å². The van der Waals surface area contributed by atoms with E-state index in [1.54, 1.807) is 12.1 Å². The van der Waals surface area contributed by atoms with E-state index in [1.165, 1.54) is 25.1 Å². The molecule has 0 aliphatic heterocycles. The van der Waals surface area contributed by atoms with Crippen molar-refractivity contribution >= 4 is 29.0 Å². The van der Waals surface area contributed by atoms with E-state index in [4.69, 9.17) is 17.2 Å². The fourth-order valence-electron chi connectivity index (χ4n) is 7.25. The number of nitrogens with zero attached hydrogens (tertiary/aromatic N) is 2. The van der Waals surface area contributed by atoms with Crippen LogP contribution in [0.4, 0.5) is 0 Å². The highest BCUT2D eigenvalue weighted by Crippen LogP contribution is 2.56. The van der Waals surface area contributed by atoms with Gasteiger partial charge in [0.2, 0.25) is 5.91 Å². The summed E-state index contributed by atoms with van der Waals surface area (Å²) in [5.74, 6) is -9.65. The maximum atomic E-state index is 14.3. The highest BCUT2D eigenvalue weighted by molar-refractivity contribution is 6.33. The summed E-state index contributed by atoms with van der Waals surface area (Å²) in [6, 6.07) is 3.42. The molecule has 7 N–H and O–H groups in total. The molecule has 2 saturated carbocycles. The van der Waals surface area contributed by atoms with Crippen LogP contribution < -0.4 is 17.2 Å². The quantitative estimate of drug-likeness (QED) is 0.268. The van der Waals surface area contributed by atoms with Crippen molar-refractivity contribution in [1.29, 1.82) is 5.26 Å². The average molecular weight is 538 g/mol. The number of benzene rings is 1. The SMILES string of the molecule is CCCCCCc1ccc(O)c2c1C[C@@]1(N)C[C@@]3(N)[C@H](N(C)C)C(=O)C(C(N)=O)C(=O)[C@@]3(C#N)C(=O)C1C2=O. The second-order valence-electron chi connectivity index (χ2n) is 11.5. The van der Waals surface area contributed by atoms with Gasteiger partial charge in [-0.1, -0.05) is 32.3 Å². The van der Waals surface area contributed by atoms with Crippen LogP contribution in [-0.4, -0.2) is 70.3 Å². The highest BCUT2D eigenvalue weighted by Gasteiger charge is 2.78. The second kappa shape index (κ2) is 9.62. The number of hydrogen-bond donors (Lipinski definition) is 4. The molecule has 0 heterocycles.